The Kier molecular flexibility index (Phi) is 5.29. The Morgan fingerprint density at radius 1 is 1.47 bits per heavy atom. The molecule has 2 nitrogen and oxygen atoms in total. The van der Waals surface area contributed by atoms with E-state index in [1.165, 1.54) is 6.42 Å². The second-order valence-electron chi connectivity index (χ2n) is 5.81. The molecule has 1 heterocycles. The van der Waals surface area contributed by atoms with Crippen LogP contribution >= 0.6 is 27.5 Å². The zero-order chi connectivity index (χ0) is 14.0. The van der Waals surface area contributed by atoms with E-state index in [0.29, 0.717) is 5.92 Å². The lowest BCUT2D eigenvalue weighted by Gasteiger charge is -2.41. The van der Waals surface area contributed by atoms with Crippen molar-refractivity contribution in [1.29, 1.82) is 0 Å². The normalized spacial score (nSPS) is 24.9. The van der Waals surface area contributed by atoms with Gasteiger partial charge in [-0.3, -0.25) is 4.90 Å². The van der Waals surface area contributed by atoms with Gasteiger partial charge in [-0.25, -0.2) is 0 Å². The molecule has 0 spiro atoms. The number of piperidine rings is 1. The zero-order valence-electron chi connectivity index (χ0n) is 11.6. The third-order valence-corrected chi connectivity index (χ3v) is 4.50. The minimum atomic E-state index is 0.166. The highest BCUT2D eigenvalue weighted by Crippen LogP contribution is 2.36. The quantitative estimate of drug-likeness (QED) is 0.888. The first-order chi connectivity index (χ1) is 8.99. The summed E-state index contributed by atoms with van der Waals surface area (Å²) in [6.07, 6.45) is 2.25. The molecule has 106 valence electrons. The topological polar surface area (TPSA) is 29.3 Å². The van der Waals surface area contributed by atoms with Crippen LogP contribution in [0.3, 0.4) is 0 Å². The van der Waals surface area contributed by atoms with E-state index in [0.717, 1.165) is 34.6 Å². The molecule has 0 amide bonds. The van der Waals surface area contributed by atoms with Crippen molar-refractivity contribution >= 4 is 27.5 Å². The van der Waals surface area contributed by atoms with Gasteiger partial charge in [-0.2, -0.15) is 0 Å². The van der Waals surface area contributed by atoms with Crippen molar-refractivity contribution in [1.82, 2.24) is 4.90 Å². The van der Waals surface area contributed by atoms with Crippen molar-refractivity contribution in [2.45, 2.75) is 38.8 Å². The lowest BCUT2D eigenvalue weighted by molar-refractivity contribution is 0.114. The molecule has 0 radical (unpaired) electrons. The molecule has 4 heteroatoms. The molecular formula is C15H22BrClN2. The Balaban J connectivity index is 2.33. The molecule has 19 heavy (non-hydrogen) atoms. The van der Waals surface area contributed by atoms with Crippen molar-refractivity contribution < 1.29 is 0 Å². The molecule has 0 aromatic heterocycles. The fourth-order valence-electron chi connectivity index (χ4n) is 2.94. The van der Waals surface area contributed by atoms with Gasteiger partial charge >= 0.3 is 0 Å². The lowest BCUT2D eigenvalue weighted by Crippen LogP contribution is -2.47. The summed E-state index contributed by atoms with van der Waals surface area (Å²) in [6.45, 7) is 6.68. The van der Waals surface area contributed by atoms with Crippen LogP contribution in [-0.2, 0) is 0 Å². The predicted molar refractivity (Wildman–Crippen MR) is 85.5 cm³/mol. The highest BCUT2D eigenvalue weighted by atomic mass is 79.9. The average molecular weight is 346 g/mol. The Bertz CT molecular complexity index is 436. The first-order valence-electron chi connectivity index (χ1n) is 6.93. The van der Waals surface area contributed by atoms with Crippen LogP contribution in [0.25, 0.3) is 0 Å². The van der Waals surface area contributed by atoms with Crippen LogP contribution < -0.4 is 5.73 Å². The molecule has 2 N–H and O–H groups in total. The van der Waals surface area contributed by atoms with Crippen LogP contribution in [0.1, 0.15) is 38.3 Å². The molecule has 1 aromatic rings. The van der Waals surface area contributed by atoms with Gasteiger partial charge in [0.15, 0.2) is 0 Å². The number of hydrogen-bond acceptors (Lipinski definition) is 2. The largest absolute Gasteiger partial charge is 0.326 e. The monoisotopic (exact) mass is 344 g/mol. The summed E-state index contributed by atoms with van der Waals surface area (Å²) in [4.78, 5) is 2.49. The lowest BCUT2D eigenvalue weighted by atomic mass is 9.90. The number of halogens is 2. The van der Waals surface area contributed by atoms with Gasteiger partial charge in [-0.15, -0.1) is 0 Å². The molecule has 2 unspecified atom stereocenters. The summed E-state index contributed by atoms with van der Waals surface area (Å²) in [5, 5.41) is 0.819. The predicted octanol–water partition coefficient (Wildman–Crippen LogP) is 4.22. The smallest absolute Gasteiger partial charge is 0.0514 e. The second-order valence-corrected chi connectivity index (χ2v) is 7.13. The number of likely N-dealkylation sites (tertiary alicyclic amines) is 1. The minimum absolute atomic E-state index is 0.166. The Hall–Kier alpha value is -0.0900. The SMILES string of the molecule is CC(C)CN1CCCC(N)C1c1cc(Br)ccc1Cl. The molecule has 0 bridgehead atoms. The van der Waals surface area contributed by atoms with Crippen molar-refractivity contribution in [3.63, 3.8) is 0 Å². The third-order valence-electron chi connectivity index (χ3n) is 3.66. The molecule has 0 saturated carbocycles. The highest BCUT2D eigenvalue weighted by molar-refractivity contribution is 9.10. The van der Waals surface area contributed by atoms with Gasteiger partial charge in [-0.05, 0) is 49.1 Å². The average Bonchev–Trinajstić information content (AvgIpc) is 2.32. The third kappa shape index (κ3) is 3.72. The van der Waals surface area contributed by atoms with E-state index < -0.39 is 0 Å². The first-order valence-corrected chi connectivity index (χ1v) is 8.10. The van der Waals surface area contributed by atoms with Gasteiger partial charge < -0.3 is 5.73 Å². The van der Waals surface area contributed by atoms with Crippen LogP contribution in [0.5, 0.6) is 0 Å². The summed E-state index contributed by atoms with van der Waals surface area (Å²) in [6, 6.07) is 6.45. The van der Waals surface area contributed by atoms with Gasteiger partial charge in [0, 0.05) is 22.1 Å². The molecule has 1 saturated heterocycles. The second kappa shape index (κ2) is 6.57. The molecule has 1 aromatic carbocycles. The number of hydrogen-bond donors (Lipinski definition) is 1. The number of benzene rings is 1. The highest BCUT2D eigenvalue weighted by Gasteiger charge is 2.31. The molecule has 2 rings (SSSR count). The van der Waals surface area contributed by atoms with Crippen LogP contribution in [-0.4, -0.2) is 24.0 Å². The summed E-state index contributed by atoms with van der Waals surface area (Å²) >= 11 is 9.93. The summed E-state index contributed by atoms with van der Waals surface area (Å²) in [5.41, 5.74) is 7.54. The Morgan fingerprint density at radius 2 is 2.21 bits per heavy atom. The Morgan fingerprint density at radius 3 is 2.89 bits per heavy atom. The van der Waals surface area contributed by atoms with E-state index in [9.17, 15) is 0 Å². The fraction of sp³-hybridized carbons (Fsp3) is 0.600. The maximum Gasteiger partial charge on any atom is 0.0514 e. The van der Waals surface area contributed by atoms with Crippen LogP contribution in [0, 0.1) is 5.92 Å². The standard InChI is InChI=1S/C15H22BrClN2/c1-10(2)9-19-7-3-4-14(18)15(19)12-8-11(16)5-6-13(12)17/h5-6,8,10,14-15H,3-4,7,9,18H2,1-2H3. The van der Waals surface area contributed by atoms with Crippen LogP contribution in [0.2, 0.25) is 5.02 Å². The summed E-state index contributed by atoms with van der Waals surface area (Å²) in [5.74, 6) is 0.638. The first kappa shape index (κ1) is 15.3. The van der Waals surface area contributed by atoms with E-state index in [2.05, 4.69) is 40.7 Å². The van der Waals surface area contributed by atoms with Gasteiger partial charge in [-0.1, -0.05) is 41.4 Å². The number of nitrogens with two attached hydrogens (primary N) is 1. The minimum Gasteiger partial charge on any atom is -0.326 e. The number of nitrogens with zero attached hydrogens (tertiary/aromatic N) is 1. The molecule has 1 aliphatic heterocycles. The van der Waals surface area contributed by atoms with Gasteiger partial charge in [0.25, 0.3) is 0 Å². The van der Waals surface area contributed by atoms with Gasteiger partial charge in [0.1, 0.15) is 0 Å². The van der Waals surface area contributed by atoms with Crippen molar-refractivity contribution in [2.24, 2.45) is 11.7 Å². The summed E-state index contributed by atoms with van der Waals surface area (Å²) in [7, 11) is 0. The van der Waals surface area contributed by atoms with Crippen LogP contribution in [0.4, 0.5) is 0 Å². The molecule has 0 aliphatic carbocycles. The van der Waals surface area contributed by atoms with Crippen molar-refractivity contribution in [2.75, 3.05) is 13.1 Å². The molecule has 2 atom stereocenters. The molecular weight excluding hydrogens is 324 g/mol. The summed E-state index contributed by atoms with van der Waals surface area (Å²) < 4.78 is 1.06. The van der Waals surface area contributed by atoms with E-state index >= 15 is 0 Å². The number of rotatable bonds is 3. The van der Waals surface area contributed by atoms with Gasteiger partial charge in [0.2, 0.25) is 0 Å². The zero-order valence-corrected chi connectivity index (χ0v) is 13.9. The van der Waals surface area contributed by atoms with Gasteiger partial charge in [0.05, 0.1) is 6.04 Å². The van der Waals surface area contributed by atoms with Crippen molar-refractivity contribution in [3.8, 4) is 0 Å². The van der Waals surface area contributed by atoms with Crippen molar-refractivity contribution in [3.05, 3.63) is 33.3 Å². The molecule has 1 aliphatic rings. The maximum absolute atomic E-state index is 6.39. The van der Waals surface area contributed by atoms with E-state index in [1.54, 1.807) is 0 Å². The van der Waals surface area contributed by atoms with Crippen LogP contribution in [0.15, 0.2) is 22.7 Å². The van der Waals surface area contributed by atoms with E-state index in [1.807, 2.05) is 12.1 Å². The Labute approximate surface area is 129 Å². The maximum atomic E-state index is 6.39. The van der Waals surface area contributed by atoms with E-state index in [-0.39, 0.29) is 12.1 Å². The molecule has 1 fully saturated rings. The fourth-order valence-corrected chi connectivity index (χ4v) is 3.55. The van der Waals surface area contributed by atoms with E-state index in [4.69, 9.17) is 17.3 Å².